The average Bonchev–Trinajstić information content (AvgIpc) is 2.09. The maximum absolute atomic E-state index is 5.83. The Bertz CT molecular complexity index is 116. The van der Waals surface area contributed by atoms with Gasteiger partial charge in [0.25, 0.3) is 0 Å². The fourth-order valence-electron chi connectivity index (χ4n) is 1.62. The standard InChI is InChI=1S/C10H19IO/c1-2-3-8-12-10-7-5-4-6-9(10)11/h9-10H,2-8H2,1H3. The quantitative estimate of drug-likeness (QED) is 0.435. The van der Waals surface area contributed by atoms with Gasteiger partial charge in [0.15, 0.2) is 0 Å². The van der Waals surface area contributed by atoms with Crippen molar-refractivity contribution in [2.24, 2.45) is 0 Å². The van der Waals surface area contributed by atoms with Crippen molar-refractivity contribution < 1.29 is 4.74 Å². The van der Waals surface area contributed by atoms with Crippen molar-refractivity contribution in [1.29, 1.82) is 0 Å². The van der Waals surface area contributed by atoms with Gasteiger partial charge in [0.1, 0.15) is 0 Å². The van der Waals surface area contributed by atoms with Crippen LogP contribution in [-0.2, 0) is 4.74 Å². The number of hydrogen-bond donors (Lipinski definition) is 0. The smallest absolute Gasteiger partial charge is 0.0692 e. The van der Waals surface area contributed by atoms with Gasteiger partial charge in [-0.3, -0.25) is 0 Å². The van der Waals surface area contributed by atoms with Crippen LogP contribution in [0, 0.1) is 0 Å². The van der Waals surface area contributed by atoms with E-state index in [4.69, 9.17) is 4.74 Å². The van der Waals surface area contributed by atoms with Crippen LogP contribution >= 0.6 is 22.6 Å². The molecule has 0 aromatic carbocycles. The van der Waals surface area contributed by atoms with Crippen molar-refractivity contribution in [2.45, 2.75) is 55.5 Å². The third-order valence-electron chi connectivity index (χ3n) is 2.45. The van der Waals surface area contributed by atoms with Gasteiger partial charge in [-0.1, -0.05) is 48.8 Å². The van der Waals surface area contributed by atoms with Gasteiger partial charge < -0.3 is 4.74 Å². The summed E-state index contributed by atoms with van der Waals surface area (Å²) in [4.78, 5) is 0. The van der Waals surface area contributed by atoms with Crippen LogP contribution in [0.4, 0.5) is 0 Å². The summed E-state index contributed by atoms with van der Waals surface area (Å²) in [6.45, 7) is 3.19. The zero-order valence-electron chi connectivity index (χ0n) is 7.89. The van der Waals surface area contributed by atoms with Crippen molar-refractivity contribution in [3.8, 4) is 0 Å². The largest absolute Gasteiger partial charge is 0.377 e. The highest BCUT2D eigenvalue weighted by Gasteiger charge is 2.22. The van der Waals surface area contributed by atoms with Gasteiger partial charge in [0, 0.05) is 10.5 Å². The van der Waals surface area contributed by atoms with Crippen LogP contribution in [0.3, 0.4) is 0 Å². The minimum absolute atomic E-state index is 0.561. The second-order valence-electron chi connectivity index (χ2n) is 3.56. The van der Waals surface area contributed by atoms with Crippen LogP contribution in [0.2, 0.25) is 0 Å². The SMILES string of the molecule is CCCCOC1CCCCC1I. The summed E-state index contributed by atoms with van der Waals surface area (Å²) in [6, 6.07) is 0. The lowest BCUT2D eigenvalue weighted by atomic mass is 9.98. The third-order valence-corrected chi connectivity index (χ3v) is 3.88. The topological polar surface area (TPSA) is 9.23 Å². The molecular weight excluding hydrogens is 263 g/mol. The molecule has 0 radical (unpaired) electrons. The zero-order chi connectivity index (χ0) is 8.81. The molecule has 72 valence electrons. The number of unbranched alkanes of at least 4 members (excludes halogenated alkanes) is 1. The van der Waals surface area contributed by atoms with Gasteiger partial charge in [-0.05, 0) is 19.3 Å². The number of rotatable bonds is 4. The molecule has 1 aliphatic carbocycles. The first kappa shape index (κ1) is 10.8. The third kappa shape index (κ3) is 3.60. The lowest BCUT2D eigenvalue weighted by Gasteiger charge is -2.27. The van der Waals surface area contributed by atoms with Gasteiger partial charge in [-0.2, -0.15) is 0 Å². The minimum atomic E-state index is 0.561. The van der Waals surface area contributed by atoms with E-state index < -0.39 is 0 Å². The molecule has 0 saturated heterocycles. The lowest BCUT2D eigenvalue weighted by molar-refractivity contribution is 0.0347. The maximum atomic E-state index is 5.83. The van der Waals surface area contributed by atoms with Crippen molar-refractivity contribution in [3.63, 3.8) is 0 Å². The summed E-state index contributed by atoms with van der Waals surface area (Å²) in [5, 5.41) is 0. The van der Waals surface area contributed by atoms with Crippen LogP contribution in [0.25, 0.3) is 0 Å². The maximum Gasteiger partial charge on any atom is 0.0692 e. The molecule has 1 rings (SSSR count). The Hall–Kier alpha value is 0.690. The molecule has 1 aliphatic rings. The van der Waals surface area contributed by atoms with Gasteiger partial charge in [0.2, 0.25) is 0 Å². The minimum Gasteiger partial charge on any atom is -0.377 e. The summed E-state index contributed by atoms with van der Waals surface area (Å²) < 4.78 is 6.60. The normalized spacial score (nSPS) is 30.5. The van der Waals surface area contributed by atoms with E-state index in [1.54, 1.807) is 0 Å². The monoisotopic (exact) mass is 282 g/mol. The summed E-state index contributed by atoms with van der Waals surface area (Å²) in [5.74, 6) is 0. The first-order valence-electron chi connectivity index (χ1n) is 5.10. The van der Waals surface area contributed by atoms with Crippen LogP contribution in [0.1, 0.15) is 45.4 Å². The molecule has 1 nitrogen and oxygen atoms in total. The van der Waals surface area contributed by atoms with Gasteiger partial charge in [-0.15, -0.1) is 0 Å². The first-order valence-corrected chi connectivity index (χ1v) is 6.35. The fraction of sp³-hybridized carbons (Fsp3) is 1.00. The molecule has 0 aromatic rings. The summed E-state index contributed by atoms with van der Waals surface area (Å²) in [7, 11) is 0. The van der Waals surface area contributed by atoms with Crippen LogP contribution < -0.4 is 0 Å². The van der Waals surface area contributed by atoms with Gasteiger partial charge >= 0.3 is 0 Å². The molecule has 0 amide bonds. The van der Waals surface area contributed by atoms with E-state index in [1.807, 2.05) is 0 Å². The molecule has 2 unspecified atom stereocenters. The summed E-state index contributed by atoms with van der Waals surface area (Å²) >= 11 is 2.55. The Kier molecular flexibility index (Phi) is 5.56. The van der Waals surface area contributed by atoms with Crippen molar-refractivity contribution in [1.82, 2.24) is 0 Å². The molecule has 12 heavy (non-hydrogen) atoms. The van der Waals surface area contributed by atoms with E-state index in [-0.39, 0.29) is 0 Å². The van der Waals surface area contributed by atoms with Crippen LogP contribution in [0.5, 0.6) is 0 Å². The number of hydrogen-bond acceptors (Lipinski definition) is 1. The van der Waals surface area contributed by atoms with E-state index in [2.05, 4.69) is 29.5 Å². The summed E-state index contributed by atoms with van der Waals surface area (Å²) in [5.41, 5.74) is 0. The number of halogens is 1. The second kappa shape index (κ2) is 6.19. The van der Waals surface area contributed by atoms with E-state index in [9.17, 15) is 0 Å². The Morgan fingerprint density at radius 2 is 2.08 bits per heavy atom. The molecule has 1 saturated carbocycles. The number of ether oxygens (including phenoxy) is 1. The molecule has 0 N–H and O–H groups in total. The Balaban J connectivity index is 2.11. The van der Waals surface area contributed by atoms with E-state index in [0.29, 0.717) is 6.10 Å². The van der Waals surface area contributed by atoms with Gasteiger partial charge in [0.05, 0.1) is 6.10 Å². The van der Waals surface area contributed by atoms with Crippen molar-refractivity contribution in [2.75, 3.05) is 6.61 Å². The van der Waals surface area contributed by atoms with E-state index in [1.165, 1.54) is 38.5 Å². The average molecular weight is 282 g/mol. The Labute approximate surface area is 89.4 Å². The highest BCUT2D eigenvalue weighted by atomic mass is 127. The van der Waals surface area contributed by atoms with Crippen molar-refractivity contribution >= 4 is 22.6 Å². The van der Waals surface area contributed by atoms with Gasteiger partial charge in [-0.25, -0.2) is 0 Å². The highest BCUT2D eigenvalue weighted by molar-refractivity contribution is 14.1. The predicted molar refractivity (Wildman–Crippen MR) is 60.9 cm³/mol. The van der Waals surface area contributed by atoms with Crippen LogP contribution in [0.15, 0.2) is 0 Å². The predicted octanol–water partition coefficient (Wildman–Crippen LogP) is 3.55. The molecule has 2 heteroatoms. The van der Waals surface area contributed by atoms with Crippen LogP contribution in [-0.4, -0.2) is 16.6 Å². The highest BCUT2D eigenvalue weighted by Crippen LogP contribution is 2.27. The molecule has 0 heterocycles. The zero-order valence-corrected chi connectivity index (χ0v) is 10.0. The van der Waals surface area contributed by atoms with E-state index in [0.717, 1.165) is 10.5 Å². The molecular formula is C10H19IO. The Morgan fingerprint density at radius 3 is 2.75 bits per heavy atom. The fourth-order valence-corrected chi connectivity index (χ4v) is 2.63. The molecule has 0 aromatic heterocycles. The lowest BCUT2D eigenvalue weighted by Crippen LogP contribution is -2.28. The second-order valence-corrected chi connectivity index (χ2v) is 5.16. The molecule has 0 aliphatic heterocycles. The molecule has 1 fully saturated rings. The molecule has 0 bridgehead atoms. The van der Waals surface area contributed by atoms with Crippen molar-refractivity contribution in [3.05, 3.63) is 0 Å². The molecule has 2 atom stereocenters. The summed E-state index contributed by atoms with van der Waals surface area (Å²) in [6.07, 6.45) is 8.45. The van der Waals surface area contributed by atoms with E-state index >= 15 is 0 Å². The Morgan fingerprint density at radius 1 is 1.33 bits per heavy atom. The first-order chi connectivity index (χ1) is 5.84. The number of alkyl halides is 1. The molecule has 0 spiro atoms.